The largest absolute Gasteiger partial charge is 0.423 e. The number of carbonyl (C=O) groups is 1. The van der Waals surface area contributed by atoms with Crippen LogP contribution in [-0.2, 0) is 12.1 Å². The lowest BCUT2D eigenvalue weighted by molar-refractivity contribution is 0.0705. The van der Waals surface area contributed by atoms with Crippen molar-refractivity contribution in [1.29, 1.82) is 0 Å². The number of oxazole rings is 1. The standard InChI is InChI=1S/C18H17N3O3/c1-18(2)13-7-5-6-11(16(22)20-23)12(13)10-21(18)17-19-14-8-3-4-9-15(14)24-17/h3-9,23H,10H2,1-2H3,(H,20,22). The number of nitrogens with zero attached hydrogens (tertiary/aromatic N) is 2. The minimum Gasteiger partial charge on any atom is -0.423 e. The Bertz CT molecular complexity index is 913. The first-order chi connectivity index (χ1) is 11.5. The van der Waals surface area contributed by atoms with E-state index in [2.05, 4.69) is 18.8 Å². The Labute approximate surface area is 138 Å². The molecule has 1 aliphatic rings. The number of para-hydroxylation sites is 2. The van der Waals surface area contributed by atoms with E-state index in [0.717, 1.165) is 22.2 Å². The van der Waals surface area contributed by atoms with Crippen LogP contribution in [0.25, 0.3) is 11.1 Å². The quantitative estimate of drug-likeness (QED) is 0.559. The molecule has 6 nitrogen and oxygen atoms in total. The summed E-state index contributed by atoms with van der Waals surface area (Å²) >= 11 is 0. The van der Waals surface area contributed by atoms with E-state index in [4.69, 9.17) is 9.62 Å². The first-order valence-electron chi connectivity index (χ1n) is 7.72. The van der Waals surface area contributed by atoms with E-state index in [0.29, 0.717) is 18.1 Å². The molecule has 0 saturated carbocycles. The zero-order valence-corrected chi connectivity index (χ0v) is 13.4. The van der Waals surface area contributed by atoms with Crippen LogP contribution >= 0.6 is 0 Å². The van der Waals surface area contributed by atoms with Crippen molar-refractivity contribution in [2.75, 3.05) is 4.90 Å². The molecule has 24 heavy (non-hydrogen) atoms. The third-order valence-corrected chi connectivity index (χ3v) is 4.69. The van der Waals surface area contributed by atoms with Gasteiger partial charge in [-0.25, -0.2) is 5.48 Å². The van der Waals surface area contributed by atoms with Crippen LogP contribution in [0.15, 0.2) is 46.9 Å². The summed E-state index contributed by atoms with van der Waals surface area (Å²) in [5.41, 5.74) is 5.21. The van der Waals surface area contributed by atoms with E-state index in [1.807, 2.05) is 41.3 Å². The SMILES string of the molecule is CC1(C)c2cccc(C(=O)NO)c2CN1c1nc2ccccc2o1. The van der Waals surface area contributed by atoms with E-state index < -0.39 is 5.91 Å². The van der Waals surface area contributed by atoms with Crippen LogP contribution in [0.1, 0.15) is 35.3 Å². The molecule has 0 fully saturated rings. The van der Waals surface area contributed by atoms with Crippen LogP contribution in [0.2, 0.25) is 0 Å². The molecule has 6 heteroatoms. The number of anilines is 1. The maximum Gasteiger partial charge on any atom is 0.299 e. The summed E-state index contributed by atoms with van der Waals surface area (Å²) in [5, 5.41) is 8.98. The zero-order valence-electron chi connectivity index (χ0n) is 13.4. The number of hydrogen-bond donors (Lipinski definition) is 2. The van der Waals surface area contributed by atoms with E-state index in [1.54, 1.807) is 11.5 Å². The van der Waals surface area contributed by atoms with Gasteiger partial charge in [0.05, 0.1) is 5.54 Å². The molecule has 4 rings (SSSR count). The molecule has 1 amide bonds. The third-order valence-electron chi connectivity index (χ3n) is 4.69. The number of benzene rings is 2. The molecule has 2 aromatic carbocycles. The molecule has 0 spiro atoms. The van der Waals surface area contributed by atoms with Gasteiger partial charge in [-0.15, -0.1) is 0 Å². The minimum atomic E-state index is -0.512. The first kappa shape index (κ1) is 14.7. The number of rotatable bonds is 2. The number of hydrogen-bond acceptors (Lipinski definition) is 5. The summed E-state index contributed by atoms with van der Waals surface area (Å²) in [4.78, 5) is 18.6. The number of carbonyl (C=O) groups excluding carboxylic acids is 1. The number of fused-ring (bicyclic) bond motifs is 2. The average Bonchev–Trinajstić information content (AvgIpc) is 3.12. The predicted molar refractivity (Wildman–Crippen MR) is 88.9 cm³/mol. The van der Waals surface area contributed by atoms with Gasteiger partial charge in [-0.2, -0.15) is 4.98 Å². The molecule has 0 bridgehead atoms. The normalized spacial score (nSPS) is 15.5. The summed E-state index contributed by atoms with van der Waals surface area (Å²) in [5.74, 6) is -0.512. The average molecular weight is 323 g/mol. The van der Waals surface area contributed by atoms with E-state index in [9.17, 15) is 4.79 Å². The molecule has 1 aromatic heterocycles. The molecule has 2 heterocycles. The number of amides is 1. The molecule has 3 aromatic rings. The van der Waals surface area contributed by atoms with Gasteiger partial charge in [0.2, 0.25) is 0 Å². The zero-order chi connectivity index (χ0) is 16.9. The molecule has 1 aliphatic heterocycles. The highest BCUT2D eigenvalue weighted by Crippen LogP contribution is 2.43. The van der Waals surface area contributed by atoms with Gasteiger partial charge in [0.15, 0.2) is 5.58 Å². The molecule has 0 radical (unpaired) electrons. The van der Waals surface area contributed by atoms with Crippen molar-refractivity contribution in [3.8, 4) is 0 Å². The van der Waals surface area contributed by atoms with Crippen molar-refractivity contribution >= 4 is 23.0 Å². The van der Waals surface area contributed by atoms with Gasteiger partial charge in [0, 0.05) is 12.1 Å². The van der Waals surface area contributed by atoms with Crippen molar-refractivity contribution in [1.82, 2.24) is 10.5 Å². The predicted octanol–water partition coefficient (Wildman–Crippen LogP) is 3.20. The first-order valence-corrected chi connectivity index (χ1v) is 7.72. The summed E-state index contributed by atoms with van der Waals surface area (Å²) < 4.78 is 5.91. The van der Waals surface area contributed by atoms with Crippen molar-refractivity contribution in [2.24, 2.45) is 0 Å². The molecular weight excluding hydrogens is 306 g/mol. The van der Waals surface area contributed by atoms with Crippen molar-refractivity contribution in [3.63, 3.8) is 0 Å². The molecule has 2 N–H and O–H groups in total. The molecular formula is C18H17N3O3. The van der Waals surface area contributed by atoms with Gasteiger partial charge in [-0.3, -0.25) is 10.0 Å². The highest BCUT2D eigenvalue weighted by atomic mass is 16.5. The minimum absolute atomic E-state index is 0.387. The summed E-state index contributed by atoms with van der Waals surface area (Å²) in [7, 11) is 0. The summed E-state index contributed by atoms with van der Waals surface area (Å²) in [6.07, 6.45) is 0. The maximum atomic E-state index is 11.9. The summed E-state index contributed by atoms with van der Waals surface area (Å²) in [6, 6.07) is 13.7. The smallest absolute Gasteiger partial charge is 0.299 e. The molecule has 122 valence electrons. The topological polar surface area (TPSA) is 78.6 Å². The Morgan fingerprint density at radius 1 is 1.25 bits per heavy atom. The Hall–Kier alpha value is -2.86. The highest BCUT2D eigenvalue weighted by molar-refractivity contribution is 5.95. The number of hydroxylamine groups is 1. The third kappa shape index (κ3) is 2.00. The lowest BCUT2D eigenvalue weighted by Crippen LogP contribution is -2.35. The fourth-order valence-electron chi connectivity index (χ4n) is 3.39. The second-order valence-electron chi connectivity index (χ2n) is 6.38. The fourth-order valence-corrected chi connectivity index (χ4v) is 3.39. The van der Waals surface area contributed by atoms with Gasteiger partial charge < -0.3 is 9.32 Å². The van der Waals surface area contributed by atoms with Crippen LogP contribution in [0.4, 0.5) is 6.01 Å². The van der Waals surface area contributed by atoms with Crippen LogP contribution in [0.5, 0.6) is 0 Å². The molecule has 0 aliphatic carbocycles. The fraction of sp³-hybridized carbons (Fsp3) is 0.222. The Kier molecular flexibility index (Phi) is 3.11. The number of nitrogens with one attached hydrogen (secondary N) is 1. The van der Waals surface area contributed by atoms with Gasteiger partial charge in [-0.05, 0) is 43.2 Å². The monoisotopic (exact) mass is 323 g/mol. The molecule has 0 unspecified atom stereocenters. The Balaban J connectivity index is 1.83. The van der Waals surface area contributed by atoms with Gasteiger partial charge in [0.1, 0.15) is 5.52 Å². The maximum absolute atomic E-state index is 11.9. The van der Waals surface area contributed by atoms with Crippen LogP contribution in [-0.4, -0.2) is 16.1 Å². The van der Waals surface area contributed by atoms with Crippen LogP contribution in [0, 0.1) is 0 Å². The second kappa shape index (κ2) is 5.07. The molecule has 0 saturated heterocycles. The van der Waals surface area contributed by atoms with Crippen molar-refractivity contribution in [3.05, 3.63) is 59.2 Å². The van der Waals surface area contributed by atoms with Gasteiger partial charge in [-0.1, -0.05) is 24.3 Å². The lowest BCUT2D eigenvalue weighted by Gasteiger charge is -2.30. The van der Waals surface area contributed by atoms with Crippen LogP contribution < -0.4 is 10.4 Å². The summed E-state index contributed by atoms with van der Waals surface area (Å²) in [6.45, 7) is 4.61. The Morgan fingerprint density at radius 3 is 2.79 bits per heavy atom. The Morgan fingerprint density at radius 2 is 2.04 bits per heavy atom. The van der Waals surface area contributed by atoms with Gasteiger partial charge >= 0.3 is 0 Å². The van der Waals surface area contributed by atoms with Gasteiger partial charge in [0.25, 0.3) is 11.9 Å². The lowest BCUT2D eigenvalue weighted by atomic mass is 9.91. The van der Waals surface area contributed by atoms with Crippen molar-refractivity contribution in [2.45, 2.75) is 25.9 Å². The second-order valence-corrected chi connectivity index (χ2v) is 6.38. The molecule has 0 atom stereocenters. The highest BCUT2D eigenvalue weighted by Gasteiger charge is 2.41. The van der Waals surface area contributed by atoms with E-state index >= 15 is 0 Å². The number of aromatic nitrogens is 1. The van der Waals surface area contributed by atoms with E-state index in [-0.39, 0.29) is 5.54 Å². The van der Waals surface area contributed by atoms with Crippen LogP contribution in [0.3, 0.4) is 0 Å². The van der Waals surface area contributed by atoms with Crippen molar-refractivity contribution < 1.29 is 14.4 Å². The van der Waals surface area contributed by atoms with E-state index in [1.165, 1.54) is 0 Å².